The van der Waals surface area contributed by atoms with Crippen LogP contribution in [0.3, 0.4) is 0 Å². The summed E-state index contributed by atoms with van der Waals surface area (Å²) in [6.07, 6.45) is 2.50. The van der Waals surface area contributed by atoms with Gasteiger partial charge in [-0.25, -0.2) is 0 Å². The standard InChI is InChI=1S/C29H25N9O2S2/c1-18-16-21(31-34-27-11-12-28(41-27)37-13-3-4-14-37)6-8-24(18)32-30-20-5-9-25(19(2)15-20)33-35-29-23-17-22(38(39)40)7-10-26(23)36-42-29/h5-12,15-17H,3-4,13-14H2,1-2H3. The lowest BCUT2D eigenvalue weighted by Crippen LogP contribution is -2.15. The smallest absolute Gasteiger partial charge is 0.270 e. The van der Waals surface area contributed by atoms with Gasteiger partial charge >= 0.3 is 0 Å². The Kier molecular flexibility index (Phi) is 7.84. The highest BCUT2D eigenvalue weighted by Gasteiger charge is 2.14. The van der Waals surface area contributed by atoms with Crippen molar-refractivity contribution in [1.82, 2.24) is 4.37 Å². The largest absolute Gasteiger partial charge is 0.363 e. The number of aryl methyl sites for hydroxylation is 2. The fraction of sp³-hybridized carbons (Fsp3) is 0.207. The number of benzene rings is 3. The Labute approximate surface area is 249 Å². The Balaban J connectivity index is 1.12. The van der Waals surface area contributed by atoms with E-state index in [-0.39, 0.29) is 5.69 Å². The zero-order valence-corrected chi connectivity index (χ0v) is 24.5. The topological polar surface area (TPSA) is 133 Å². The normalized spacial score (nSPS) is 13.9. The van der Waals surface area contributed by atoms with Crippen LogP contribution < -0.4 is 4.90 Å². The fourth-order valence-electron chi connectivity index (χ4n) is 4.53. The van der Waals surface area contributed by atoms with Crippen LogP contribution in [0.5, 0.6) is 0 Å². The molecule has 0 radical (unpaired) electrons. The van der Waals surface area contributed by atoms with Crippen LogP contribution in [0.15, 0.2) is 97.4 Å². The van der Waals surface area contributed by atoms with Gasteiger partial charge in [-0.05, 0) is 104 Å². The third-order valence-electron chi connectivity index (χ3n) is 6.79. The number of non-ortho nitro benzene ring substituents is 1. The van der Waals surface area contributed by atoms with Crippen molar-refractivity contribution in [3.63, 3.8) is 0 Å². The van der Waals surface area contributed by atoms with Gasteiger partial charge in [0.1, 0.15) is 5.00 Å². The molecule has 1 saturated heterocycles. The fourth-order valence-corrected chi connectivity index (χ4v) is 6.09. The number of nitro groups is 1. The second-order valence-corrected chi connectivity index (χ2v) is 11.6. The highest BCUT2D eigenvalue weighted by molar-refractivity contribution is 7.19. The first kappa shape index (κ1) is 27.4. The number of thiophene rings is 1. The van der Waals surface area contributed by atoms with E-state index < -0.39 is 4.92 Å². The van der Waals surface area contributed by atoms with Gasteiger partial charge in [-0.1, -0.05) is 11.3 Å². The Morgan fingerprint density at radius 1 is 0.786 bits per heavy atom. The van der Waals surface area contributed by atoms with Crippen LogP contribution in [0, 0.1) is 24.0 Å². The van der Waals surface area contributed by atoms with Crippen molar-refractivity contribution >= 4 is 77.2 Å². The second-order valence-electron chi connectivity index (χ2n) is 9.79. The molecule has 0 spiro atoms. The number of anilines is 1. The molecule has 0 saturated carbocycles. The average Bonchev–Trinajstić information content (AvgIpc) is 3.76. The molecule has 11 nitrogen and oxygen atoms in total. The first-order chi connectivity index (χ1) is 20.4. The van der Waals surface area contributed by atoms with Crippen LogP contribution in [0.1, 0.15) is 24.0 Å². The minimum absolute atomic E-state index is 0.0101. The summed E-state index contributed by atoms with van der Waals surface area (Å²) in [5.74, 6) is 0. The van der Waals surface area contributed by atoms with Gasteiger partial charge in [-0.2, -0.15) is 14.6 Å². The lowest BCUT2D eigenvalue weighted by molar-refractivity contribution is -0.384. The summed E-state index contributed by atoms with van der Waals surface area (Å²) in [5, 5.41) is 40.7. The van der Waals surface area contributed by atoms with Gasteiger partial charge in [-0.3, -0.25) is 10.1 Å². The summed E-state index contributed by atoms with van der Waals surface area (Å²) in [4.78, 5) is 13.1. The minimum Gasteiger partial charge on any atom is -0.363 e. The summed E-state index contributed by atoms with van der Waals surface area (Å²) >= 11 is 2.81. The Hall–Kier alpha value is -4.75. The molecule has 1 aliphatic rings. The summed E-state index contributed by atoms with van der Waals surface area (Å²) in [5.41, 5.74) is 5.29. The molecule has 0 N–H and O–H groups in total. The van der Waals surface area contributed by atoms with Crippen molar-refractivity contribution < 1.29 is 4.92 Å². The van der Waals surface area contributed by atoms with Crippen LogP contribution in [0.25, 0.3) is 10.9 Å². The SMILES string of the molecule is Cc1cc(N=Nc2ccc(N3CCCC3)s2)ccc1N=Nc1ccc(N=Nc2snc3ccc([N+](=O)[O-])cc23)c(C)c1. The van der Waals surface area contributed by atoms with Crippen molar-refractivity contribution in [2.24, 2.45) is 30.7 Å². The van der Waals surface area contributed by atoms with Crippen molar-refractivity contribution in [3.05, 3.63) is 88.0 Å². The van der Waals surface area contributed by atoms with E-state index in [0.29, 0.717) is 27.3 Å². The summed E-state index contributed by atoms with van der Waals surface area (Å²) in [7, 11) is 0. The lowest BCUT2D eigenvalue weighted by atomic mass is 10.2. The molecule has 5 aromatic rings. The maximum Gasteiger partial charge on any atom is 0.270 e. The van der Waals surface area contributed by atoms with E-state index in [9.17, 15) is 10.1 Å². The highest BCUT2D eigenvalue weighted by Crippen LogP contribution is 2.37. The maximum absolute atomic E-state index is 11.1. The number of nitrogens with zero attached hydrogens (tertiary/aromatic N) is 9. The molecule has 0 amide bonds. The highest BCUT2D eigenvalue weighted by atomic mass is 32.1. The summed E-state index contributed by atoms with van der Waals surface area (Å²) < 4.78 is 4.30. The first-order valence-electron chi connectivity index (χ1n) is 13.3. The number of nitro benzene ring substituents is 1. The molecule has 3 aromatic carbocycles. The summed E-state index contributed by atoms with van der Waals surface area (Å²) in [6, 6.07) is 19.9. The maximum atomic E-state index is 11.1. The predicted molar refractivity (Wildman–Crippen MR) is 167 cm³/mol. The second kappa shape index (κ2) is 12.0. The first-order valence-corrected chi connectivity index (χ1v) is 14.9. The third kappa shape index (κ3) is 6.11. The molecule has 1 fully saturated rings. The number of hydrogen-bond donors (Lipinski definition) is 0. The predicted octanol–water partition coefficient (Wildman–Crippen LogP) is 10.7. The molecule has 3 heterocycles. The van der Waals surface area contributed by atoms with Gasteiger partial charge in [0.25, 0.3) is 5.69 Å². The molecule has 13 heteroatoms. The molecule has 0 bridgehead atoms. The van der Waals surface area contributed by atoms with E-state index >= 15 is 0 Å². The molecule has 0 atom stereocenters. The van der Waals surface area contributed by atoms with Gasteiger partial charge in [0.2, 0.25) is 0 Å². The van der Waals surface area contributed by atoms with Crippen molar-refractivity contribution in [2.75, 3.05) is 18.0 Å². The zero-order chi connectivity index (χ0) is 29.1. The molecule has 210 valence electrons. The number of hydrogen-bond acceptors (Lipinski definition) is 12. The van der Waals surface area contributed by atoms with Crippen LogP contribution in [-0.4, -0.2) is 22.4 Å². The van der Waals surface area contributed by atoms with Crippen molar-refractivity contribution in [2.45, 2.75) is 26.7 Å². The molecular weight excluding hydrogens is 571 g/mol. The van der Waals surface area contributed by atoms with Crippen LogP contribution in [-0.2, 0) is 0 Å². The molecular formula is C29H25N9O2S2. The molecule has 1 aliphatic heterocycles. The molecule has 0 aliphatic carbocycles. The number of rotatable bonds is 8. The zero-order valence-electron chi connectivity index (χ0n) is 22.8. The average molecular weight is 596 g/mol. The van der Waals surface area contributed by atoms with Gasteiger partial charge in [0.15, 0.2) is 5.00 Å². The van der Waals surface area contributed by atoms with Crippen LogP contribution >= 0.6 is 22.9 Å². The summed E-state index contributed by atoms with van der Waals surface area (Å²) in [6.45, 7) is 6.11. The third-order valence-corrected chi connectivity index (χ3v) is 8.59. The molecule has 42 heavy (non-hydrogen) atoms. The quantitative estimate of drug-likeness (QED) is 0.100. The van der Waals surface area contributed by atoms with Gasteiger partial charge in [0.05, 0.1) is 38.2 Å². The molecule has 6 rings (SSSR count). The minimum atomic E-state index is -0.438. The van der Waals surface area contributed by atoms with E-state index in [2.05, 4.69) is 46.0 Å². The molecule has 0 unspecified atom stereocenters. The monoisotopic (exact) mass is 595 g/mol. The van der Waals surface area contributed by atoms with E-state index in [0.717, 1.165) is 52.1 Å². The Morgan fingerprint density at radius 3 is 2.12 bits per heavy atom. The van der Waals surface area contributed by atoms with Crippen molar-refractivity contribution in [1.29, 1.82) is 0 Å². The number of aromatic nitrogens is 1. The van der Waals surface area contributed by atoms with Crippen LogP contribution in [0.2, 0.25) is 0 Å². The van der Waals surface area contributed by atoms with Gasteiger partial charge in [0, 0.05) is 30.6 Å². The van der Waals surface area contributed by atoms with Gasteiger partial charge in [-0.15, -0.1) is 20.5 Å². The number of azo groups is 3. The van der Waals surface area contributed by atoms with E-state index in [1.165, 1.54) is 30.0 Å². The van der Waals surface area contributed by atoms with E-state index in [1.54, 1.807) is 17.4 Å². The molecule has 2 aromatic heterocycles. The van der Waals surface area contributed by atoms with Crippen molar-refractivity contribution in [3.8, 4) is 0 Å². The number of fused-ring (bicyclic) bond motifs is 1. The Morgan fingerprint density at radius 2 is 1.45 bits per heavy atom. The van der Waals surface area contributed by atoms with E-state index in [1.807, 2.05) is 56.3 Å². The van der Waals surface area contributed by atoms with E-state index in [4.69, 9.17) is 0 Å². The van der Waals surface area contributed by atoms with Gasteiger partial charge < -0.3 is 4.90 Å². The van der Waals surface area contributed by atoms with Crippen LogP contribution in [0.4, 0.5) is 43.4 Å². The Bertz CT molecular complexity index is 1870. The lowest BCUT2D eigenvalue weighted by Gasteiger charge is -2.13.